The molecule has 3 aromatic rings. The summed E-state index contributed by atoms with van der Waals surface area (Å²) in [5.74, 6) is 0. The van der Waals surface area contributed by atoms with Gasteiger partial charge in [0.25, 0.3) is 0 Å². The minimum Gasteiger partial charge on any atom is -0.309 e. The molecule has 2 aromatic carbocycles. The zero-order valence-corrected chi connectivity index (χ0v) is 11.9. The summed E-state index contributed by atoms with van der Waals surface area (Å²) in [6.45, 7) is 1.75. The van der Waals surface area contributed by atoms with Crippen LogP contribution in [0.4, 0.5) is 0 Å². The number of nitrogens with one attached hydrogen (secondary N) is 1. The van der Waals surface area contributed by atoms with E-state index < -0.39 is 0 Å². The van der Waals surface area contributed by atoms with E-state index >= 15 is 0 Å². The van der Waals surface area contributed by atoms with Gasteiger partial charge in [-0.15, -0.1) is 12.4 Å². The number of halogens is 1. The maximum Gasteiger partial charge on any atom is 0.0271 e. The second kappa shape index (κ2) is 7.04. The van der Waals surface area contributed by atoms with Gasteiger partial charge >= 0.3 is 0 Å². The lowest BCUT2D eigenvalue weighted by Gasteiger charge is -2.08. The van der Waals surface area contributed by atoms with E-state index in [1.54, 1.807) is 0 Å². The largest absolute Gasteiger partial charge is 0.309 e. The molecule has 0 atom stereocenters. The first-order valence-corrected chi connectivity index (χ1v) is 6.50. The Morgan fingerprint density at radius 2 is 1.55 bits per heavy atom. The number of benzene rings is 2. The molecule has 0 fully saturated rings. The molecule has 0 saturated heterocycles. The molecule has 0 amide bonds. The van der Waals surface area contributed by atoms with E-state index in [1.807, 2.05) is 24.5 Å². The van der Waals surface area contributed by atoms with Crippen molar-refractivity contribution in [2.75, 3.05) is 0 Å². The molecular weight excluding hydrogens is 268 g/mol. The first-order chi connectivity index (χ1) is 9.43. The summed E-state index contributed by atoms with van der Waals surface area (Å²) < 4.78 is 0. The van der Waals surface area contributed by atoms with Gasteiger partial charge in [0.1, 0.15) is 0 Å². The molecule has 1 heterocycles. The summed E-state index contributed by atoms with van der Waals surface area (Å²) in [4.78, 5) is 4.02. The van der Waals surface area contributed by atoms with Crippen molar-refractivity contribution in [3.8, 4) is 0 Å². The van der Waals surface area contributed by atoms with Gasteiger partial charge in [-0.3, -0.25) is 4.98 Å². The van der Waals surface area contributed by atoms with Crippen LogP contribution in [-0.4, -0.2) is 4.98 Å². The fourth-order valence-corrected chi connectivity index (χ4v) is 2.29. The van der Waals surface area contributed by atoms with Crippen LogP contribution in [0.15, 0.2) is 67.0 Å². The zero-order chi connectivity index (χ0) is 12.9. The Hall–Kier alpha value is -1.90. The first-order valence-electron chi connectivity index (χ1n) is 6.50. The molecule has 1 N–H and O–H groups in total. The topological polar surface area (TPSA) is 24.9 Å². The summed E-state index contributed by atoms with van der Waals surface area (Å²) in [6.07, 6.45) is 3.66. The van der Waals surface area contributed by atoms with Crippen molar-refractivity contribution >= 4 is 23.2 Å². The van der Waals surface area contributed by atoms with Gasteiger partial charge in [-0.1, -0.05) is 42.5 Å². The third-order valence-corrected chi connectivity index (χ3v) is 3.27. The van der Waals surface area contributed by atoms with Gasteiger partial charge in [0, 0.05) is 25.5 Å². The maximum atomic E-state index is 4.02. The van der Waals surface area contributed by atoms with Crippen LogP contribution >= 0.6 is 12.4 Å². The number of hydrogen-bond donors (Lipinski definition) is 1. The highest BCUT2D eigenvalue weighted by molar-refractivity contribution is 5.85. The summed E-state index contributed by atoms with van der Waals surface area (Å²) >= 11 is 0. The second-order valence-corrected chi connectivity index (χ2v) is 4.60. The van der Waals surface area contributed by atoms with Gasteiger partial charge in [0.15, 0.2) is 0 Å². The summed E-state index contributed by atoms with van der Waals surface area (Å²) in [6, 6.07) is 19.0. The fourth-order valence-electron chi connectivity index (χ4n) is 2.29. The highest BCUT2D eigenvalue weighted by Crippen LogP contribution is 2.18. The van der Waals surface area contributed by atoms with E-state index in [4.69, 9.17) is 0 Å². The van der Waals surface area contributed by atoms with E-state index in [-0.39, 0.29) is 12.4 Å². The van der Waals surface area contributed by atoms with Gasteiger partial charge in [0.05, 0.1) is 0 Å². The van der Waals surface area contributed by atoms with Crippen molar-refractivity contribution < 1.29 is 0 Å². The smallest absolute Gasteiger partial charge is 0.0271 e. The predicted octanol–water partition coefficient (Wildman–Crippen LogP) is 3.95. The zero-order valence-electron chi connectivity index (χ0n) is 11.1. The van der Waals surface area contributed by atoms with Crippen molar-refractivity contribution in [2.45, 2.75) is 13.1 Å². The van der Waals surface area contributed by atoms with Gasteiger partial charge in [-0.05, 0) is 34.0 Å². The van der Waals surface area contributed by atoms with Crippen molar-refractivity contribution in [1.29, 1.82) is 0 Å². The number of pyridine rings is 1. The molecule has 0 radical (unpaired) electrons. The quantitative estimate of drug-likeness (QED) is 0.785. The summed E-state index contributed by atoms with van der Waals surface area (Å²) in [5.41, 5.74) is 2.60. The molecule has 0 spiro atoms. The Morgan fingerprint density at radius 1 is 0.800 bits per heavy atom. The van der Waals surface area contributed by atoms with Crippen LogP contribution in [0.3, 0.4) is 0 Å². The number of aromatic nitrogens is 1. The van der Waals surface area contributed by atoms with Crippen LogP contribution < -0.4 is 5.32 Å². The molecule has 1 aromatic heterocycles. The van der Waals surface area contributed by atoms with Gasteiger partial charge in [-0.25, -0.2) is 0 Å². The van der Waals surface area contributed by atoms with Gasteiger partial charge in [-0.2, -0.15) is 0 Å². The van der Waals surface area contributed by atoms with E-state index in [2.05, 4.69) is 52.8 Å². The molecule has 2 nitrogen and oxygen atoms in total. The SMILES string of the molecule is Cl.c1ccc2c(CNCc3ccncc3)cccc2c1. The van der Waals surface area contributed by atoms with Crippen molar-refractivity contribution in [2.24, 2.45) is 0 Å². The predicted molar refractivity (Wildman–Crippen MR) is 86.0 cm³/mol. The molecule has 3 rings (SSSR count). The third kappa shape index (κ3) is 3.35. The van der Waals surface area contributed by atoms with Crippen LogP contribution in [0.2, 0.25) is 0 Å². The normalized spacial score (nSPS) is 10.2. The number of rotatable bonds is 4. The molecule has 20 heavy (non-hydrogen) atoms. The lowest BCUT2D eigenvalue weighted by atomic mass is 10.0. The lowest BCUT2D eigenvalue weighted by Crippen LogP contribution is -2.12. The molecule has 102 valence electrons. The van der Waals surface area contributed by atoms with Crippen LogP contribution in [0, 0.1) is 0 Å². The fraction of sp³-hybridized carbons (Fsp3) is 0.118. The molecule has 0 bridgehead atoms. The van der Waals surface area contributed by atoms with Gasteiger partial charge in [0.2, 0.25) is 0 Å². The lowest BCUT2D eigenvalue weighted by molar-refractivity contribution is 0.696. The van der Waals surface area contributed by atoms with Crippen LogP contribution in [0.25, 0.3) is 10.8 Å². The summed E-state index contributed by atoms with van der Waals surface area (Å²) in [7, 11) is 0. The van der Waals surface area contributed by atoms with Crippen LogP contribution in [-0.2, 0) is 13.1 Å². The standard InChI is InChI=1S/C17H16N2.ClH/c1-2-7-17-15(4-1)5-3-6-16(17)13-19-12-14-8-10-18-11-9-14;/h1-11,19H,12-13H2;1H. The van der Waals surface area contributed by atoms with Crippen molar-refractivity contribution in [3.05, 3.63) is 78.1 Å². The van der Waals surface area contributed by atoms with Crippen molar-refractivity contribution in [3.63, 3.8) is 0 Å². The molecule has 0 aliphatic carbocycles. The number of nitrogens with zero attached hydrogens (tertiary/aromatic N) is 1. The Labute approximate surface area is 125 Å². The van der Waals surface area contributed by atoms with Crippen LogP contribution in [0.5, 0.6) is 0 Å². The van der Waals surface area contributed by atoms with Crippen molar-refractivity contribution in [1.82, 2.24) is 10.3 Å². The molecule has 0 aliphatic rings. The Bertz CT molecular complexity index is 663. The monoisotopic (exact) mass is 284 g/mol. The highest BCUT2D eigenvalue weighted by atomic mass is 35.5. The molecule has 0 saturated carbocycles. The second-order valence-electron chi connectivity index (χ2n) is 4.60. The molecule has 3 heteroatoms. The number of fused-ring (bicyclic) bond motifs is 1. The Morgan fingerprint density at radius 3 is 2.40 bits per heavy atom. The average Bonchev–Trinajstić information content (AvgIpc) is 2.49. The Kier molecular flexibility index (Phi) is 5.10. The molecule has 0 aliphatic heterocycles. The van der Waals surface area contributed by atoms with E-state index in [0.717, 1.165) is 13.1 Å². The minimum absolute atomic E-state index is 0. The highest BCUT2D eigenvalue weighted by Gasteiger charge is 1.99. The maximum absolute atomic E-state index is 4.02. The minimum atomic E-state index is 0. The summed E-state index contributed by atoms with van der Waals surface area (Å²) in [5, 5.41) is 6.11. The first kappa shape index (κ1) is 14.5. The number of hydrogen-bond acceptors (Lipinski definition) is 2. The average molecular weight is 285 g/mol. The van der Waals surface area contributed by atoms with E-state index in [9.17, 15) is 0 Å². The van der Waals surface area contributed by atoms with Gasteiger partial charge < -0.3 is 5.32 Å². The van der Waals surface area contributed by atoms with E-state index in [0.29, 0.717) is 0 Å². The molecule has 0 unspecified atom stereocenters. The third-order valence-electron chi connectivity index (χ3n) is 3.27. The Balaban J connectivity index is 0.00000147. The van der Waals surface area contributed by atoms with E-state index in [1.165, 1.54) is 21.9 Å². The van der Waals surface area contributed by atoms with Crippen LogP contribution in [0.1, 0.15) is 11.1 Å². The molecular formula is C17H17ClN2.